The third kappa shape index (κ3) is 3.32. The minimum absolute atomic E-state index is 0.106. The summed E-state index contributed by atoms with van der Waals surface area (Å²) in [5.74, 6) is -0.650. The van der Waals surface area contributed by atoms with Gasteiger partial charge in [0.15, 0.2) is 0 Å². The predicted molar refractivity (Wildman–Crippen MR) is 112 cm³/mol. The van der Waals surface area contributed by atoms with Gasteiger partial charge in [-0.05, 0) is 48.1 Å². The highest BCUT2D eigenvalue weighted by Crippen LogP contribution is 2.48. The Kier molecular flexibility index (Phi) is 4.91. The number of anilines is 1. The van der Waals surface area contributed by atoms with Crippen LogP contribution in [0.1, 0.15) is 43.0 Å². The first kappa shape index (κ1) is 19.9. The van der Waals surface area contributed by atoms with Gasteiger partial charge in [-0.1, -0.05) is 45.0 Å². The number of amides is 1. The van der Waals surface area contributed by atoms with E-state index in [9.17, 15) is 4.79 Å². The molecular weight excluding hydrogens is 366 g/mol. The van der Waals surface area contributed by atoms with E-state index in [1.165, 1.54) is 5.56 Å². The number of hydrogen-bond acceptors (Lipinski definition) is 4. The quantitative estimate of drug-likeness (QED) is 0.777. The molecule has 0 bridgehead atoms. The van der Waals surface area contributed by atoms with Crippen molar-refractivity contribution in [3.8, 4) is 5.75 Å². The Balaban J connectivity index is 1.53. The molecule has 1 saturated heterocycles. The lowest BCUT2D eigenvalue weighted by atomic mass is 9.87. The Morgan fingerprint density at radius 3 is 2.24 bits per heavy atom. The van der Waals surface area contributed by atoms with Crippen LogP contribution in [0.5, 0.6) is 5.75 Å². The van der Waals surface area contributed by atoms with Crippen LogP contribution in [0, 0.1) is 13.8 Å². The zero-order valence-electron chi connectivity index (χ0n) is 17.9. The second-order valence-electron chi connectivity index (χ2n) is 8.82. The lowest BCUT2D eigenvalue weighted by Crippen LogP contribution is -2.42. The van der Waals surface area contributed by atoms with Crippen molar-refractivity contribution in [1.29, 1.82) is 0 Å². The summed E-state index contributed by atoms with van der Waals surface area (Å²) in [6.45, 7) is 12.2. The number of fused-ring (bicyclic) bond motifs is 2. The maximum absolute atomic E-state index is 13.3. The fourth-order valence-electron chi connectivity index (χ4n) is 4.15. The number of carbonyl (C=O) groups excluding carboxylic acids is 1. The van der Waals surface area contributed by atoms with Crippen LogP contribution < -0.4 is 9.64 Å². The lowest BCUT2D eigenvalue weighted by molar-refractivity contribution is -0.180. The molecule has 29 heavy (non-hydrogen) atoms. The highest BCUT2D eigenvalue weighted by atomic mass is 16.7. The van der Waals surface area contributed by atoms with Gasteiger partial charge in [0.25, 0.3) is 11.7 Å². The van der Waals surface area contributed by atoms with Crippen molar-refractivity contribution in [2.45, 2.75) is 45.8 Å². The number of hydrogen-bond donors (Lipinski definition) is 0. The fraction of sp³-hybridized carbons (Fsp3) is 0.458. The molecule has 2 heterocycles. The van der Waals surface area contributed by atoms with Gasteiger partial charge in [0.2, 0.25) is 0 Å². The standard InChI is InChI=1S/C24H29NO4/c1-16-6-7-17(2)21-20(16)24(28-14-15-29-24)22(26)25(21)12-13-27-19-10-8-18(9-11-19)23(3,4)5/h6-11H,12-15H2,1-5H3. The smallest absolute Gasteiger partial charge is 0.292 e. The third-order valence-corrected chi connectivity index (χ3v) is 5.71. The first-order valence-corrected chi connectivity index (χ1v) is 10.2. The van der Waals surface area contributed by atoms with Crippen molar-refractivity contribution < 1.29 is 19.0 Å². The number of carbonyl (C=O) groups is 1. The molecule has 0 aromatic heterocycles. The molecule has 2 aliphatic rings. The van der Waals surface area contributed by atoms with E-state index in [4.69, 9.17) is 14.2 Å². The molecule has 2 aliphatic heterocycles. The van der Waals surface area contributed by atoms with E-state index in [-0.39, 0.29) is 11.3 Å². The molecule has 5 heteroatoms. The van der Waals surface area contributed by atoms with E-state index in [2.05, 4.69) is 32.9 Å². The van der Waals surface area contributed by atoms with E-state index in [0.717, 1.165) is 28.1 Å². The Morgan fingerprint density at radius 1 is 1.00 bits per heavy atom. The van der Waals surface area contributed by atoms with Crippen molar-refractivity contribution in [3.05, 3.63) is 58.7 Å². The Morgan fingerprint density at radius 2 is 1.62 bits per heavy atom. The summed E-state index contributed by atoms with van der Waals surface area (Å²) in [4.78, 5) is 15.1. The van der Waals surface area contributed by atoms with Crippen LogP contribution in [-0.2, 0) is 25.5 Å². The SMILES string of the molecule is Cc1ccc(C)c2c1N(CCOc1ccc(C(C)(C)C)cc1)C(=O)C21OCCO1. The van der Waals surface area contributed by atoms with Gasteiger partial charge in [0, 0.05) is 5.56 Å². The predicted octanol–water partition coefficient (Wildman–Crippen LogP) is 4.23. The molecule has 0 N–H and O–H groups in total. The molecule has 0 atom stereocenters. The molecule has 2 aromatic carbocycles. The summed E-state index contributed by atoms with van der Waals surface area (Å²) < 4.78 is 17.7. The molecule has 1 amide bonds. The van der Waals surface area contributed by atoms with Gasteiger partial charge < -0.3 is 19.1 Å². The summed E-state index contributed by atoms with van der Waals surface area (Å²) in [6, 6.07) is 12.2. The molecule has 2 aromatic rings. The van der Waals surface area contributed by atoms with Crippen molar-refractivity contribution in [2.75, 3.05) is 31.3 Å². The second kappa shape index (κ2) is 7.15. The first-order valence-electron chi connectivity index (χ1n) is 10.2. The number of nitrogens with zero attached hydrogens (tertiary/aromatic N) is 1. The van der Waals surface area contributed by atoms with E-state index in [1.807, 2.05) is 38.1 Å². The highest BCUT2D eigenvalue weighted by molar-refractivity contribution is 6.07. The first-order chi connectivity index (χ1) is 13.7. The third-order valence-electron chi connectivity index (χ3n) is 5.71. The summed E-state index contributed by atoms with van der Waals surface area (Å²) >= 11 is 0. The van der Waals surface area contributed by atoms with Crippen molar-refractivity contribution in [1.82, 2.24) is 0 Å². The van der Waals surface area contributed by atoms with Crippen LogP contribution in [0.2, 0.25) is 0 Å². The normalized spacial score (nSPS) is 17.8. The summed E-state index contributed by atoms with van der Waals surface area (Å²) in [5.41, 5.74) is 5.14. The molecule has 1 fully saturated rings. The molecule has 5 nitrogen and oxygen atoms in total. The Labute approximate surface area is 172 Å². The number of rotatable bonds is 4. The minimum atomic E-state index is -1.29. The van der Waals surface area contributed by atoms with Gasteiger partial charge >= 0.3 is 0 Å². The zero-order chi connectivity index (χ0) is 20.8. The van der Waals surface area contributed by atoms with Gasteiger partial charge in [-0.3, -0.25) is 4.79 Å². The van der Waals surface area contributed by atoms with Crippen LogP contribution in [-0.4, -0.2) is 32.3 Å². The van der Waals surface area contributed by atoms with Gasteiger partial charge in [-0.15, -0.1) is 0 Å². The Hall–Kier alpha value is -2.37. The average Bonchev–Trinajstić information content (AvgIpc) is 3.25. The van der Waals surface area contributed by atoms with Crippen LogP contribution in [0.25, 0.3) is 0 Å². The molecule has 1 spiro atoms. The van der Waals surface area contributed by atoms with E-state index >= 15 is 0 Å². The molecule has 0 saturated carbocycles. The number of benzene rings is 2. The monoisotopic (exact) mass is 395 g/mol. The molecule has 0 aliphatic carbocycles. The number of aryl methyl sites for hydroxylation is 2. The zero-order valence-corrected chi connectivity index (χ0v) is 17.9. The molecule has 154 valence electrons. The van der Waals surface area contributed by atoms with E-state index in [0.29, 0.717) is 26.4 Å². The fourth-order valence-corrected chi connectivity index (χ4v) is 4.15. The van der Waals surface area contributed by atoms with Gasteiger partial charge in [-0.25, -0.2) is 0 Å². The van der Waals surface area contributed by atoms with Gasteiger partial charge in [0.1, 0.15) is 12.4 Å². The second-order valence-corrected chi connectivity index (χ2v) is 8.82. The molecule has 0 unspecified atom stereocenters. The largest absolute Gasteiger partial charge is 0.492 e. The summed E-state index contributed by atoms with van der Waals surface area (Å²) in [7, 11) is 0. The average molecular weight is 395 g/mol. The molecule has 0 radical (unpaired) electrons. The van der Waals surface area contributed by atoms with E-state index < -0.39 is 5.79 Å². The van der Waals surface area contributed by atoms with Crippen molar-refractivity contribution in [2.24, 2.45) is 0 Å². The van der Waals surface area contributed by atoms with Gasteiger partial charge in [0.05, 0.1) is 25.4 Å². The van der Waals surface area contributed by atoms with Crippen LogP contribution in [0.15, 0.2) is 36.4 Å². The summed E-state index contributed by atoms with van der Waals surface area (Å²) in [5, 5.41) is 0. The van der Waals surface area contributed by atoms with E-state index in [1.54, 1.807) is 4.90 Å². The number of ether oxygens (including phenoxy) is 3. The topological polar surface area (TPSA) is 48.0 Å². The van der Waals surface area contributed by atoms with Gasteiger partial charge in [-0.2, -0.15) is 0 Å². The van der Waals surface area contributed by atoms with Crippen molar-refractivity contribution >= 4 is 11.6 Å². The molecular formula is C24H29NO4. The summed E-state index contributed by atoms with van der Waals surface area (Å²) in [6.07, 6.45) is 0. The van der Waals surface area contributed by atoms with Crippen LogP contribution >= 0.6 is 0 Å². The minimum Gasteiger partial charge on any atom is -0.492 e. The maximum Gasteiger partial charge on any atom is 0.292 e. The lowest BCUT2D eigenvalue weighted by Gasteiger charge is -2.23. The van der Waals surface area contributed by atoms with Crippen molar-refractivity contribution in [3.63, 3.8) is 0 Å². The molecule has 4 rings (SSSR count). The Bertz CT molecular complexity index is 921. The maximum atomic E-state index is 13.3. The van der Waals surface area contributed by atoms with Crippen LogP contribution in [0.4, 0.5) is 5.69 Å². The van der Waals surface area contributed by atoms with Crippen LogP contribution in [0.3, 0.4) is 0 Å². The highest BCUT2D eigenvalue weighted by Gasteiger charge is 2.57.